The van der Waals surface area contributed by atoms with Gasteiger partial charge < -0.3 is 16.3 Å². The molecule has 2 unspecified atom stereocenters. The van der Waals surface area contributed by atoms with E-state index in [1.807, 2.05) is 6.92 Å². The number of amidine groups is 1. The van der Waals surface area contributed by atoms with Gasteiger partial charge in [-0.05, 0) is 32.9 Å². The van der Waals surface area contributed by atoms with E-state index < -0.39 is 0 Å². The summed E-state index contributed by atoms with van der Waals surface area (Å²) in [4.78, 5) is 2.62. The van der Waals surface area contributed by atoms with Crippen LogP contribution < -0.4 is 11.1 Å². The molecule has 5 heteroatoms. The maximum atomic E-state index is 8.48. The van der Waals surface area contributed by atoms with Gasteiger partial charge in [-0.3, -0.25) is 0 Å². The van der Waals surface area contributed by atoms with Crippen molar-refractivity contribution >= 4 is 17.2 Å². The third-order valence-corrected chi connectivity index (χ3v) is 3.55. The van der Waals surface area contributed by atoms with Crippen LogP contribution in [0.4, 0.5) is 0 Å². The first kappa shape index (κ1) is 13.0. The lowest BCUT2D eigenvalue weighted by atomic mass is 10.2. The third kappa shape index (κ3) is 3.83. The van der Waals surface area contributed by atoms with Gasteiger partial charge in [0.15, 0.2) is 0 Å². The standard InChI is InChI=1S/C11H19N3OS/c1-7(6-11(12)14-15)13-9(3)10-5-4-8(2)16-10/h4-5,7,9,13,15H,6H2,1-3H3,(H2,12,14). The van der Waals surface area contributed by atoms with Crippen molar-refractivity contribution in [1.82, 2.24) is 5.32 Å². The van der Waals surface area contributed by atoms with E-state index in [0.717, 1.165) is 0 Å². The minimum absolute atomic E-state index is 0.188. The zero-order chi connectivity index (χ0) is 12.1. The van der Waals surface area contributed by atoms with Crippen molar-refractivity contribution in [2.45, 2.75) is 39.3 Å². The second-order valence-electron chi connectivity index (χ2n) is 4.03. The molecule has 2 atom stereocenters. The average molecular weight is 241 g/mol. The Hall–Kier alpha value is -1.07. The first-order chi connectivity index (χ1) is 7.52. The highest BCUT2D eigenvalue weighted by molar-refractivity contribution is 7.12. The van der Waals surface area contributed by atoms with Crippen LogP contribution in [-0.4, -0.2) is 17.1 Å². The molecule has 4 N–H and O–H groups in total. The van der Waals surface area contributed by atoms with Crippen LogP contribution in [0.2, 0.25) is 0 Å². The van der Waals surface area contributed by atoms with E-state index in [0.29, 0.717) is 12.5 Å². The molecule has 16 heavy (non-hydrogen) atoms. The minimum Gasteiger partial charge on any atom is -0.409 e. The predicted octanol–water partition coefficient (Wildman–Crippen LogP) is 2.23. The van der Waals surface area contributed by atoms with Crippen LogP contribution in [-0.2, 0) is 0 Å². The zero-order valence-electron chi connectivity index (χ0n) is 9.90. The smallest absolute Gasteiger partial charge is 0.140 e. The molecule has 1 heterocycles. The zero-order valence-corrected chi connectivity index (χ0v) is 10.7. The molecule has 0 aliphatic rings. The number of oxime groups is 1. The van der Waals surface area contributed by atoms with Gasteiger partial charge in [-0.25, -0.2) is 0 Å². The first-order valence-electron chi connectivity index (χ1n) is 5.31. The summed E-state index contributed by atoms with van der Waals surface area (Å²) in [6.07, 6.45) is 0.547. The fourth-order valence-corrected chi connectivity index (χ4v) is 2.50. The third-order valence-electron chi connectivity index (χ3n) is 2.37. The SMILES string of the molecule is Cc1ccc(C(C)NC(C)CC(N)=NO)s1. The van der Waals surface area contributed by atoms with Gasteiger partial charge in [0.05, 0.1) is 0 Å². The fraction of sp³-hybridized carbons (Fsp3) is 0.545. The topological polar surface area (TPSA) is 70.6 Å². The van der Waals surface area contributed by atoms with E-state index in [2.05, 4.69) is 36.5 Å². The molecule has 1 rings (SSSR count). The predicted molar refractivity (Wildman–Crippen MR) is 68.1 cm³/mol. The second-order valence-corrected chi connectivity index (χ2v) is 5.35. The quantitative estimate of drug-likeness (QED) is 0.320. The summed E-state index contributed by atoms with van der Waals surface area (Å²) < 4.78 is 0. The van der Waals surface area contributed by atoms with Crippen LogP contribution in [0.15, 0.2) is 17.3 Å². The molecule has 0 aromatic carbocycles. The molecule has 90 valence electrons. The summed E-state index contributed by atoms with van der Waals surface area (Å²) in [6.45, 7) is 6.24. The van der Waals surface area contributed by atoms with Crippen LogP contribution in [0.3, 0.4) is 0 Å². The van der Waals surface area contributed by atoms with Crippen LogP contribution >= 0.6 is 11.3 Å². The molecule has 0 radical (unpaired) electrons. The molecule has 0 aliphatic carbocycles. The normalized spacial score (nSPS) is 16.1. The largest absolute Gasteiger partial charge is 0.409 e. The maximum absolute atomic E-state index is 8.48. The van der Waals surface area contributed by atoms with Crippen LogP contribution in [0.1, 0.15) is 36.1 Å². The molecule has 0 saturated carbocycles. The molecule has 0 fully saturated rings. The Bertz CT molecular complexity index is 362. The second kappa shape index (κ2) is 5.86. The van der Waals surface area contributed by atoms with Gasteiger partial charge in [0.2, 0.25) is 0 Å². The Kier molecular flexibility index (Phi) is 4.76. The molecule has 0 aliphatic heterocycles. The number of nitrogens with zero attached hydrogens (tertiary/aromatic N) is 1. The number of thiophene rings is 1. The van der Waals surface area contributed by atoms with Crippen molar-refractivity contribution in [2.75, 3.05) is 0 Å². The summed E-state index contributed by atoms with van der Waals surface area (Å²) in [6, 6.07) is 4.73. The Morgan fingerprint density at radius 3 is 2.75 bits per heavy atom. The van der Waals surface area contributed by atoms with Gasteiger partial charge >= 0.3 is 0 Å². The van der Waals surface area contributed by atoms with Crippen LogP contribution in [0.5, 0.6) is 0 Å². The number of aryl methyl sites for hydroxylation is 1. The number of hydrogen-bond donors (Lipinski definition) is 3. The highest BCUT2D eigenvalue weighted by Gasteiger charge is 2.12. The maximum Gasteiger partial charge on any atom is 0.140 e. The van der Waals surface area contributed by atoms with Crippen molar-refractivity contribution in [1.29, 1.82) is 0 Å². The lowest BCUT2D eigenvalue weighted by molar-refractivity contribution is 0.315. The lowest BCUT2D eigenvalue weighted by Crippen LogP contribution is -2.32. The van der Waals surface area contributed by atoms with Gasteiger partial charge in [-0.2, -0.15) is 0 Å². The summed E-state index contributed by atoms with van der Waals surface area (Å²) >= 11 is 1.79. The van der Waals surface area contributed by atoms with E-state index in [1.165, 1.54) is 9.75 Å². The molecule has 1 aromatic rings. The number of nitrogens with one attached hydrogen (secondary N) is 1. The average Bonchev–Trinajstić information content (AvgIpc) is 2.64. The van der Waals surface area contributed by atoms with Gasteiger partial charge in [0.1, 0.15) is 5.84 Å². The summed E-state index contributed by atoms with van der Waals surface area (Å²) in [5.41, 5.74) is 5.46. The number of hydrogen-bond acceptors (Lipinski definition) is 4. The molecular weight excluding hydrogens is 222 g/mol. The Labute approximate surface area is 100 Å². The highest BCUT2D eigenvalue weighted by Crippen LogP contribution is 2.22. The molecule has 0 spiro atoms. The Morgan fingerprint density at radius 1 is 1.56 bits per heavy atom. The molecule has 1 aromatic heterocycles. The minimum atomic E-state index is 0.188. The molecular formula is C11H19N3OS. The van der Waals surface area contributed by atoms with E-state index in [-0.39, 0.29) is 11.9 Å². The number of rotatable bonds is 5. The van der Waals surface area contributed by atoms with Gasteiger partial charge in [0.25, 0.3) is 0 Å². The van der Waals surface area contributed by atoms with E-state index in [1.54, 1.807) is 11.3 Å². The van der Waals surface area contributed by atoms with E-state index in [4.69, 9.17) is 10.9 Å². The van der Waals surface area contributed by atoms with Gasteiger partial charge in [-0.1, -0.05) is 5.16 Å². The van der Waals surface area contributed by atoms with Crippen molar-refractivity contribution in [3.05, 3.63) is 21.9 Å². The van der Waals surface area contributed by atoms with Gasteiger partial charge in [-0.15, -0.1) is 11.3 Å². The molecule has 0 saturated heterocycles. The molecule has 0 amide bonds. The van der Waals surface area contributed by atoms with E-state index in [9.17, 15) is 0 Å². The number of nitrogens with two attached hydrogens (primary N) is 1. The fourth-order valence-electron chi connectivity index (χ4n) is 1.61. The summed E-state index contributed by atoms with van der Waals surface area (Å²) in [7, 11) is 0. The molecule has 0 bridgehead atoms. The van der Waals surface area contributed by atoms with Crippen molar-refractivity contribution in [2.24, 2.45) is 10.9 Å². The Morgan fingerprint density at radius 2 is 2.25 bits per heavy atom. The lowest BCUT2D eigenvalue weighted by Gasteiger charge is -2.18. The summed E-state index contributed by atoms with van der Waals surface area (Å²) in [5.74, 6) is 0.259. The van der Waals surface area contributed by atoms with E-state index >= 15 is 0 Å². The highest BCUT2D eigenvalue weighted by atomic mass is 32.1. The van der Waals surface area contributed by atoms with Crippen molar-refractivity contribution in [3.63, 3.8) is 0 Å². The summed E-state index contributed by atoms with van der Waals surface area (Å²) in [5, 5.41) is 14.9. The van der Waals surface area contributed by atoms with Crippen molar-refractivity contribution in [3.8, 4) is 0 Å². The monoisotopic (exact) mass is 241 g/mol. The first-order valence-corrected chi connectivity index (χ1v) is 6.13. The van der Waals surface area contributed by atoms with Crippen molar-refractivity contribution < 1.29 is 5.21 Å². The van der Waals surface area contributed by atoms with Gasteiger partial charge in [0, 0.05) is 28.3 Å². The van der Waals surface area contributed by atoms with Crippen LogP contribution in [0.25, 0.3) is 0 Å². The molecule has 4 nitrogen and oxygen atoms in total. The Balaban J connectivity index is 2.48. The van der Waals surface area contributed by atoms with Crippen LogP contribution in [0, 0.1) is 6.92 Å².